The zero-order chi connectivity index (χ0) is 12.3. The van der Waals surface area contributed by atoms with Crippen LogP contribution in [0.1, 0.15) is 40.0 Å². The largest absolute Gasteiger partial charge is 0.281 e. The molecule has 1 fully saturated rings. The van der Waals surface area contributed by atoms with Gasteiger partial charge < -0.3 is 0 Å². The number of hydrogen-bond acceptors (Lipinski definition) is 3. The highest BCUT2D eigenvalue weighted by atomic mass is 35.5. The van der Waals surface area contributed by atoms with E-state index in [4.69, 9.17) is 15.8 Å². The molecule has 0 heterocycles. The van der Waals surface area contributed by atoms with Gasteiger partial charge in [0.2, 0.25) is 0 Å². The van der Waals surface area contributed by atoms with Crippen LogP contribution in [0.2, 0.25) is 0 Å². The second-order valence-corrected chi connectivity index (χ2v) is 7.31. The molecule has 0 aromatic rings. The van der Waals surface area contributed by atoms with Crippen LogP contribution in [-0.4, -0.2) is 19.7 Å². The van der Waals surface area contributed by atoms with Gasteiger partial charge in [-0.15, -0.1) is 11.6 Å². The minimum absolute atomic E-state index is 0.188. The van der Waals surface area contributed by atoms with Crippen molar-refractivity contribution >= 4 is 21.7 Å². The molecule has 1 aliphatic carbocycles. The molecular weight excluding hydrogens is 248 g/mol. The van der Waals surface area contributed by atoms with Gasteiger partial charge in [-0.1, -0.05) is 27.2 Å². The Morgan fingerprint density at radius 2 is 2.00 bits per heavy atom. The number of alkyl halides is 1. The fourth-order valence-corrected chi connectivity index (χ4v) is 3.24. The molecule has 16 heavy (non-hydrogen) atoms. The fraction of sp³-hybridized carbons (Fsp3) is 1.00. The third-order valence-electron chi connectivity index (χ3n) is 3.37. The Bertz CT molecular complexity index is 313. The normalized spacial score (nSPS) is 31.9. The van der Waals surface area contributed by atoms with Gasteiger partial charge in [-0.3, -0.25) is 4.18 Å². The van der Waals surface area contributed by atoms with Gasteiger partial charge in [0.05, 0.1) is 6.10 Å². The Morgan fingerprint density at radius 3 is 2.50 bits per heavy atom. The van der Waals surface area contributed by atoms with E-state index < -0.39 is 15.3 Å². The molecule has 5 heteroatoms. The minimum atomic E-state index is -3.54. The first kappa shape index (κ1) is 14.3. The molecule has 0 radical (unpaired) electrons. The molecule has 0 bridgehead atoms. The predicted molar refractivity (Wildman–Crippen MR) is 65.9 cm³/mol. The maximum Gasteiger partial charge on any atom is 0.281 e. The van der Waals surface area contributed by atoms with Crippen molar-refractivity contribution < 1.29 is 12.6 Å². The van der Waals surface area contributed by atoms with Gasteiger partial charge in [-0.2, -0.15) is 8.42 Å². The standard InChI is InChI=1S/C11H21ClO3S/c1-8(2)10-5-4-9(3)6-11(10)15-16(13,14)7-12/h8-11H,4-7H2,1-3H3/t9-,10+,11-/m1/s1. The minimum Gasteiger partial charge on any atom is -0.266 e. The lowest BCUT2D eigenvalue weighted by Gasteiger charge is -2.36. The second-order valence-electron chi connectivity index (χ2n) is 5.13. The molecular formula is C11H21ClO3S. The predicted octanol–water partition coefficient (Wildman–Crippen LogP) is 2.99. The van der Waals surface area contributed by atoms with Crippen molar-refractivity contribution in [2.24, 2.45) is 17.8 Å². The molecule has 0 saturated heterocycles. The molecule has 0 spiro atoms. The fourth-order valence-electron chi connectivity index (χ4n) is 2.44. The average molecular weight is 269 g/mol. The number of halogens is 1. The Kier molecular flexibility index (Phi) is 5.08. The van der Waals surface area contributed by atoms with Crippen LogP contribution in [0, 0.1) is 17.8 Å². The lowest BCUT2D eigenvalue weighted by Crippen LogP contribution is -2.36. The Balaban J connectivity index is 2.72. The van der Waals surface area contributed by atoms with Crippen molar-refractivity contribution in [1.82, 2.24) is 0 Å². The Hall–Kier alpha value is 0.200. The molecule has 0 aromatic carbocycles. The summed E-state index contributed by atoms with van der Waals surface area (Å²) in [5.74, 6) is 1.31. The van der Waals surface area contributed by atoms with Crippen LogP contribution >= 0.6 is 11.6 Å². The first-order chi connectivity index (χ1) is 7.35. The third-order valence-corrected chi connectivity index (χ3v) is 4.97. The van der Waals surface area contributed by atoms with E-state index in [9.17, 15) is 8.42 Å². The van der Waals surface area contributed by atoms with Crippen LogP contribution in [0.5, 0.6) is 0 Å². The molecule has 0 amide bonds. The first-order valence-corrected chi connectivity index (χ1v) is 7.94. The third kappa shape index (κ3) is 3.90. The topological polar surface area (TPSA) is 43.4 Å². The summed E-state index contributed by atoms with van der Waals surface area (Å²) in [4.78, 5) is 0. The van der Waals surface area contributed by atoms with Crippen molar-refractivity contribution in [3.8, 4) is 0 Å². The second kappa shape index (κ2) is 5.69. The molecule has 3 nitrogen and oxygen atoms in total. The van der Waals surface area contributed by atoms with Gasteiger partial charge in [-0.25, -0.2) is 0 Å². The number of rotatable bonds is 4. The van der Waals surface area contributed by atoms with Crippen LogP contribution < -0.4 is 0 Å². The van der Waals surface area contributed by atoms with Gasteiger partial charge in [0.1, 0.15) is 5.21 Å². The van der Waals surface area contributed by atoms with E-state index in [1.807, 2.05) is 0 Å². The lowest BCUT2D eigenvalue weighted by atomic mass is 9.75. The van der Waals surface area contributed by atoms with Gasteiger partial charge >= 0.3 is 0 Å². The van der Waals surface area contributed by atoms with Crippen LogP contribution in [0.3, 0.4) is 0 Å². The quantitative estimate of drug-likeness (QED) is 0.582. The summed E-state index contributed by atoms with van der Waals surface area (Å²) >= 11 is 5.36. The molecule has 96 valence electrons. The average Bonchev–Trinajstić information content (AvgIpc) is 2.16. The molecule has 1 rings (SSSR count). The first-order valence-electron chi connectivity index (χ1n) is 5.82. The Labute approximate surface area is 104 Å². The summed E-state index contributed by atoms with van der Waals surface area (Å²) < 4.78 is 28.0. The zero-order valence-corrected chi connectivity index (χ0v) is 11.7. The van der Waals surface area contributed by atoms with Crippen molar-refractivity contribution in [3.05, 3.63) is 0 Å². The Morgan fingerprint density at radius 1 is 1.38 bits per heavy atom. The van der Waals surface area contributed by atoms with Gasteiger partial charge in [-0.05, 0) is 30.6 Å². The van der Waals surface area contributed by atoms with E-state index in [1.165, 1.54) is 0 Å². The molecule has 0 aromatic heterocycles. The zero-order valence-electron chi connectivity index (χ0n) is 10.1. The highest BCUT2D eigenvalue weighted by Crippen LogP contribution is 2.36. The highest BCUT2D eigenvalue weighted by Gasteiger charge is 2.34. The van der Waals surface area contributed by atoms with E-state index in [2.05, 4.69) is 20.8 Å². The van der Waals surface area contributed by atoms with E-state index in [0.29, 0.717) is 17.8 Å². The van der Waals surface area contributed by atoms with Gasteiger partial charge in [0.25, 0.3) is 10.1 Å². The van der Waals surface area contributed by atoms with E-state index in [1.54, 1.807) is 0 Å². The summed E-state index contributed by atoms with van der Waals surface area (Å²) in [7, 11) is -3.54. The van der Waals surface area contributed by atoms with Crippen molar-refractivity contribution in [3.63, 3.8) is 0 Å². The molecule has 0 aliphatic heterocycles. The van der Waals surface area contributed by atoms with Gasteiger partial charge in [0, 0.05) is 0 Å². The van der Waals surface area contributed by atoms with Gasteiger partial charge in [0.15, 0.2) is 0 Å². The number of hydrogen-bond donors (Lipinski definition) is 0. The van der Waals surface area contributed by atoms with Crippen LogP contribution in [-0.2, 0) is 14.3 Å². The van der Waals surface area contributed by atoms with Crippen LogP contribution in [0.4, 0.5) is 0 Å². The van der Waals surface area contributed by atoms with Crippen LogP contribution in [0.25, 0.3) is 0 Å². The van der Waals surface area contributed by atoms with E-state index >= 15 is 0 Å². The highest BCUT2D eigenvalue weighted by molar-refractivity contribution is 7.87. The molecule has 1 aliphatic rings. The molecule has 0 N–H and O–H groups in total. The SMILES string of the molecule is CC(C)[C@@H]1CC[C@@H](C)C[C@H]1OS(=O)(=O)CCl. The van der Waals surface area contributed by atoms with E-state index in [0.717, 1.165) is 19.3 Å². The van der Waals surface area contributed by atoms with Crippen LogP contribution in [0.15, 0.2) is 0 Å². The maximum absolute atomic E-state index is 11.4. The van der Waals surface area contributed by atoms with Crippen molar-refractivity contribution in [2.75, 3.05) is 5.21 Å². The summed E-state index contributed by atoms with van der Waals surface area (Å²) in [5.41, 5.74) is 0. The van der Waals surface area contributed by atoms with Crippen molar-refractivity contribution in [2.45, 2.75) is 46.1 Å². The smallest absolute Gasteiger partial charge is 0.266 e. The lowest BCUT2D eigenvalue weighted by molar-refractivity contribution is 0.0517. The molecule has 1 saturated carbocycles. The summed E-state index contributed by atoms with van der Waals surface area (Å²) in [6, 6.07) is 0. The maximum atomic E-state index is 11.4. The summed E-state index contributed by atoms with van der Waals surface area (Å²) in [6.07, 6.45) is 2.83. The van der Waals surface area contributed by atoms with E-state index in [-0.39, 0.29) is 6.10 Å². The monoisotopic (exact) mass is 268 g/mol. The van der Waals surface area contributed by atoms with Crippen molar-refractivity contribution in [1.29, 1.82) is 0 Å². The summed E-state index contributed by atoms with van der Waals surface area (Å²) in [6.45, 7) is 6.37. The summed E-state index contributed by atoms with van der Waals surface area (Å²) in [5, 5.41) is -0.456. The molecule has 0 unspecified atom stereocenters. The molecule has 3 atom stereocenters.